The highest BCUT2D eigenvalue weighted by atomic mass is 16.2. The number of para-hydroxylation sites is 1. The Bertz CT molecular complexity index is 646. The molecule has 1 N–H and O–H groups in total. The Morgan fingerprint density at radius 3 is 2.70 bits per heavy atom. The van der Waals surface area contributed by atoms with Crippen molar-refractivity contribution < 1.29 is 9.59 Å². The van der Waals surface area contributed by atoms with E-state index in [4.69, 9.17) is 0 Å². The fourth-order valence-corrected chi connectivity index (χ4v) is 3.51. The van der Waals surface area contributed by atoms with Crippen LogP contribution in [0.15, 0.2) is 36.5 Å². The van der Waals surface area contributed by atoms with Crippen molar-refractivity contribution in [2.75, 3.05) is 4.90 Å². The standard InChI is InChI=1S/C16H16N2O2/c1-10-12(6-7-14(19)17-10)18-13-5-3-2-4-11(13)16(8-9-16)15(18)20/h2-5,12H,1,6-9H2,(H,17,19). The predicted molar refractivity (Wildman–Crippen MR) is 75.1 cm³/mol. The molecule has 2 heterocycles. The molecule has 0 aromatic heterocycles. The van der Waals surface area contributed by atoms with Crippen molar-refractivity contribution in [1.82, 2.24) is 5.32 Å². The molecular formula is C16H16N2O2. The van der Waals surface area contributed by atoms with Gasteiger partial charge in [-0.3, -0.25) is 9.59 Å². The zero-order valence-corrected chi connectivity index (χ0v) is 11.2. The summed E-state index contributed by atoms with van der Waals surface area (Å²) in [5, 5.41) is 2.78. The van der Waals surface area contributed by atoms with Gasteiger partial charge in [-0.1, -0.05) is 24.8 Å². The maximum Gasteiger partial charge on any atom is 0.238 e. The molecule has 1 aromatic rings. The number of nitrogens with one attached hydrogen (secondary N) is 1. The van der Waals surface area contributed by atoms with Crippen LogP contribution in [-0.2, 0) is 15.0 Å². The largest absolute Gasteiger partial charge is 0.328 e. The molecule has 1 saturated carbocycles. The lowest BCUT2D eigenvalue weighted by Gasteiger charge is -2.33. The Balaban J connectivity index is 1.78. The van der Waals surface area contributed by atoms with Crippen molar-refractivity contribution in [3.05, 3.63) is 42.1 Å². The second-order valence-corrected chi connectivity index (χ2v) is 5.90. The number of hydrogen-bond acceptors (Lipinski definition) is 2. The summed E-state index contributed by atoms with van der Waals surface area (Å²) >= 11 is 0. The molecule has 1 saturated heterocycles. The van der Waals surface area contributed by atoms with Gasteiger partial charge in [0.15, 0.2) is 0 Å². The van der Waals surface area contributed by atoms with E-state index in [0.717, 1.165) is 24.1 Å². The van der Waals surface area contributed by atoms with Crippen LogP contribution in [0.4, 0.5) is 5.69 Å². The van der Waals surface area contributed by atoms with E-state index in [1.54, 1.807) is 0 Å². The average molecular weight is 268 g/mol. The van der Waals surface area contributed by atoms with E-state index >= 15 is 0 Å². The van der Waals surface area contributed by atoms with Crippen LogP contribution in [0.1, 0.15) is 31.2 Å². The first-order chi connectivity index (χ1) is 9.63. The Kier molecular flexibility index (Phi) is 2.18. The van der Waals surface area contributed by atoms with E-state index < -0.39 is 0 Å². The highest BCUT2D eigenvalue weighted by Gasteiger charge is 2.60. The molecule has 0 radical (unpaired) electrons. The summed E-state index contributed by atoms with van der Waals surface area (Å²) < 4.78 is 0. The minimum absolute atomic E-state index is 0.00711. The maximum absolute atomic E-state index is 12.8. The average Bonchev–Trinajstić information content (AvgIpc) is 3.19. The first-order valence-corrected chi connectivity index (χ1v) is 7.05. The van der Waals surface area contributed by atoms with Crippen molar-refractivity contribution >= 4 is 17.5 Å². The molecule has 1 atom stereocenters. The third kappa shape index (κ3) is 1.36. The molecule has 2 fully saturated rings. The van der Waals surface area contributed by atoms with Crippen LogP contribution in [0.25, 0.3) is 0 Å². The van der Waals surface area contributed by atoms with Gasteiger partial charge in [-0.25, -0.2) is 0 Å². The second-order valence-electron chi connectivity index (χ2n) is 5.90. The Morgan fingerprint density at radius 2 is 2.00 bits per heavy atom. The summed E-state index contributed by atoms with van der Waals surface area (Å²) in [6.45, 7) is 3.94. The van der Waals surface area contributed by atoms with Crippen molar-refractivity contribution in [3.63, 3.8) is 0 Å². The molecule has 20 heavy (non-hydrogen) atoms. The topological polar surface area (TPSA) is 49.4 Å². The zero-order valence-electron chi connectivity index (χ0n) is 11.2. The van der Waals surface area contributed by atoms with Gasteiger partial charge in [-0.05, 0) is 30.9 Å². The summed E-state index contributed by atoms with van der Waals surface area (Å²) in [7, 11) is 0. The minimum Gasteiger partial charge on any atom is -0.328 e. The second kappa shape index (κ2) is 3.72. The fourth-order valence-electron chi connectivity index (χ4n) is 3.51. The third-order valence-electron chi connectivity index (χ3n) is 4.72. The van der Waals surface area contributed by atoms with Crippen molar-refractivity contribution in [2.45, 2.75) is 37.1 Å². The fraction of sp³-hybridized carbons (Fsp3) is 0.375. The Labute approximate surface area is 117 Å². The molecular weight excluding hydrogens is 252 g/mol. The normalized spacial score (nSPS) is 26.7. The Hall–Kier alpha value is -2.10. The number of hydrogen-bond donors (Lipinski definition) is 1. The van der Waals surface area contributed by atoms with Crippen LogP contribution in [0, 0.1) is 0 Å². The number of benzene rings is 1. The van der Waals surface area contributed by atoms with Crippen molar-refractivity contribution in [1.29, 1.82) is 0 Å². The molecule has 2 amide bonds. The molecule has 3 aliphatic rings. The molecule has 1 aromatic carbocycles. The molecule has 2 aliphatic heterocycles. The zero-order chi connectivity index (χ0) is 13.9. The van der Waals surface area contributed by atoms with Gasteiger partial charge in [0, 0.05) is 17.8 Å². The first-order valence-electron chi connectivity index (χ1n) is 7.05. The van der Waals surface area contributed by atoms with Gasteiger partial charge in [0.2, 0.25) is 11.8 Å². The van der Waals surface area contributed by atoms with Crippen LogP contribution in [0.2, 0.25) is 0 Å². The van der Waals surface area contributed by atoms with Crippen LogP contribution in [-0.4, -0.2) is 17.9 Å². The number of nitrogens with zero attached hydrogens (tertiary/aromatic N) is 1. The molecule has 1 aliphatic carbocycles. The summed E-state index contributed by atoms with van der Waals surface area (Å²) in [5.41, 5.74) is 2.51. The minimum atomic E-state index is -0.279. The van der Waals surface area contributed by atoms with E-state index in [-0.39, 0.29) is 23.3 Å². The number of carbonyl (C=O) groups excluding carboxylic acids is 2. The summed E-state index contributed by atoms with van der Waals surface area (Å²) in [6, 6.07) is 7.91. The predicted octanol–water partition coefficient (Wildman–Crippen LogP) is 1.86. The van der Waals surface area contributed by atoms with Gasteiger partial charge in [0.25, 0.3) is 0 Å². The molecule has 4 nitrogen and oxygen atoms in total. The molecule has 102 valence electrons. The summed E-state index contributed by atoms with van der Waals surface area (Å²) in [4.78, 5) is 26.1. The van der Waals surface area contributed by atoms with Crippen LogP contribution < -0.4 is 10.2 Å². The van der Waals surface area contributed by atoms with Crippen LogP contribution in [0.5, 0.6) is 0 Å². The highest BCUT2D eigenvalue weighted by Crippen LogP contribution is 2.58. The lowest BCUT2D eigenvalue weighted by molar-refractivity contribution is -0.123. The van der Waals surface area contributed by atoms with Gasteiger partial charge in [-0.2, -0.15) is 0 Å². The summed E-state index contributed by atoms with van der Waals surface area (Å²) in [5.74, 6) is 0.174. The van der Waals surface area contributed by atoms with E-state index in [9.17, 15) is 9.59 Å². The highest BCUT2D eigenvalue weighted by molar-refractivity contribution is 6.11. The smallest absolute Gasteiger partial charge is 0.238 e. The van der Waals surface area contributed by atoms with E-state index in [0.29, 0.717) is 18.5 Å². The van der Waals surface area contributed by atoms with E-state index in [2.05, 4.69) is 18.0 Å². The van der Waals surface area contributed by atoms with Crippen LogP contribution in [0.3, 0.4) is 0 Å². The number of piperidine rings is 1. The number of anilines is 1. The van der Waals surface area contributed by atoms with Gasteiger partial charge < -0.3 is 10.2 Å². The quantitative estimate of drug-likeness (QED) is 0.845. The first kappa shape index (κ1) is 11.7. The number of carbonyl (C=O) groups is 2. The maximum atomic E-state index is 12.8. The van der Waals surface area contributed by atoms with Gasteiger partial charge in [0.05, 0.1) is 11.5 Å². The molecule has 4 rings (SSSR count). The SMILES string of the molecule is C=C1NC(=O)CCC1N1C(=O)C2(CC2)c2ccccc21. The van der Waals surface area contributed by atoms with Crippen molar-refractivity contribution in [2.24, 2.45) is 0 Å². The number of amides is 2. The van der Waals surface area contributed by atoms with Crippen LogP contribution >= 0.6 is 0 Å². The molecule has 4 heteroatoms. The van der Waals surface area contributed by atoms with Gasteiger partial charge in [0.1, 0.15) is 0 Å². The van der Waals surface area contributed by atoms with Gasteiger partial charge in [-0.15, -0.1) is 0 Å². The molecule has 1 spiro atoms. The number of rotatable bonds is 1. The number of fused-ring (bicyclic) bond motifs is 2. The van der Waals surface area contributed by atoms with Gasteiger partial charge >= 0.3 is 0 Å². The van der Waals surface area contributed by atoms with E-state index in [1.807, 2.05) is 23.1 Å². The van der Waals surface area contributed by atoms with E-state index in [1.165, 1.54) is 0 Å². The van der Waals surface area contributed by atoms with Crippen molar-refractivity contribution in [3.8, 4) is 0 Å². The monoisotopic (exact) mass is 268 g/mol. The Morgan fingerprint density at radius 1 is 1.25 bits per heavy atom. The molecule has 1 unspecified atom stereocenters. The molecule has 0 bridgehead atoms. The lowest BCUT2D eigenvalue weighted by atomic mass is 9.98. The third-order valence-corrected chi connectivity index (χ3v) is 4.72. The summed E-state index contributed by atoms with van der Waals surface area (Å²) in [6.07, 6.45) is 2.97. The lowest BCUT2D eigenvalue weighted by Crippen LogP contribution is -2.48.